The van der Waals surface area contributed by atoms with E-state index in [1.54, 1.807) is 54.9 Å². The van der Waals surface area contributed by atoms with Crippen LogP contribution in [0.2, 0.25) is 0 Å². The van der Waals surface area contributed by atoms with E-state index in [1.807, 2.05) is 0 Å². The summed E-state index contributed by atoms with van der Waals surface area (Å²) >= 11 is 0. The summed E-state index contributed by atoms with van der Waals surface area (Å²) in [7, 11) is -7.53. The van der Waals surface area contributed by atoms with Crippen LogP contribution in [0.15, 0.2) is 82.8 Å². The molecule has 1 aliphatic heterocycles. The Morgan fingerprint density at radius 3 is 2.38 bits per heavy atom. The molecule has 1 aliphatic rings. The number of hydrogen-bond acceptors (Lipinski definition) is 5. The van der Waals surface area contributed by atoms with Crippen molar-refractivity contribution in [3.8, 4) is 11.1 Å². The van der Waals surface area contributed by atoms with Gasteiger partial charge < -0.3 is 0 Å². The van der Waals surface area contributed by atoms with Crippen molar-refractivity contribution in [2.75, 3.05) is 5.75 Å². The van der Waals surface area contributed by atoms with Gasteiger partial charge in [-0.3, -0.25) is 4.98 Å². The average molecular weight is 385 g/mol. The Hall–Kier alpha value is -2.51. The van der Waals surface area contributed by atoms with E-state index >= 15 is 0 Å². The summed E-state index contributed by atoms with van der Waals surface area (Å²) < 4.78 is 51.7. The summed E-state index contributed by atoms with van der Waals surface area (Å²) in [6.45, 7) is 0. The molecule has 7 heteroatoms. The molecule has 3 aromatic rings. The van der Waals surface area contributed by atoms with Gasteiger partial charge in [-0.1, -0.05) is 36.4 Å². The molecule has 0 saturated heterocycles. The lowest BCUT2D eigenvalue weighted by atomic mass is 9.99. The molecule has 1 unspecified atom stereocenters. The van der Waals surface area contributed by atoms with Gasteiger partial charge in [-0.2, -0.15) is 0 Å². The maximum atomic E-state index is 13.2. The average Bonchev–Trinajstić information content (AvgIpc) is 2.95. The number of hydrogen-bond donors (Lipinski definition) is 0. The molecule has 1 atom stereocenters. The van der Waals surface area contributed by atoms with E-state index in [0.717, 1.165) is 0 Å². The SMILES string of the molecule is O=S1(=O)CC(S(=O)(=O)c2ccccc2)c2c(-c3cccnc3)cccc21. The van der Waals surface area contributed by atoms with Crippen molar-refractivity contribution in [2.24, 2.45) is 0 Å². The zero-order valence-electron chi connectivity index (χ0n) is 13.6. The van der Waals surface area contributed by atoms with Crippen LogP contribution in [0.5, 0.6) is 0 Å². The zero-order chi connectivity index (χ0) is 18.4. The number of pyridine rings is 1. The molecule has 0 spiro atoms. The molecular formula is C19H15NO4S2. The standard InChI is InChI=1S/C19H15NO4S2/c21-25(22)13-18(26(23,24)15-7-2-1-3-8-15)19-16(9-4-10-17(19)25)14-6-5-11-20-12-14/h1-12,18H,13H2. The van der Waals surface area contributed by atoms with E-state index in [2.05, 4.69) is 4.98 Å². The smallest absolute Gasteiger partial charge is 0.186 e. The number of benzene rings is 2. The highest BCUT2D eigenvalue weighted by molar-refractivity contribution is 7.96. The lowest BCUT2D eigenvalue weighted by molar-refractivity contribution is 0.582. The number of nitrogens with zero attached hydrogens (tertiary/aromatic N) is 1. The molecule has 0 aliphatic carbocycles. The van der Waals surface area contributed by atoms with E-state index in [0.29, 0.717) is 16.7 Å². The molecule has 2 heterocycles. The quantitative estimate of drug-likeness (QED) is 0.692. The Kier molecular flexibility index (Phi) is 3.93. The molecule has 0 bridgehead atoms. The second-order valence-corrected chi connectivity index (χ2v) is 10.2. The first-order valence-corrected chi connectivity index (χ1v) is 11.2. The third-order valence-electron chi connectivity index (χ3n) is 4.51. The first-order chi connectivity index (χ1) is 12.4. The summed E-state index contributed by atoms with van der Waals surface area (Å²) in [5.41, 5.74) is 1.61. The Morgan fingerprint density at radius 1 is 0.923 bits per heavy atom. The third-order valence-corrected chi connectivity index (χ3v) is 8.60. The first kappa shape index (κ1) is 16.9. The Bertz CT molecular complexity index is 1170. The Labute approximate surface area is 152 Å². The van der Waals surface area contributed by atoms with Crippen LogP contribution in [-0.2, 0) is 19.7 Å². The fraction of sp³-hybridized carbons (Fsp3) is 0.105. The van der Waals surface area contributed by atoms with Crippen LogP contribution in [0.25, 0.3) is 11.1 Å². The molecule has 1 aromatic heterocycles. The van der Waals surface area contributed by atoms with Gasteiger partial charge in [0.25, 0.3) is 0 Å². The van der Waals surface area contributed by atoms with E-state index in [-0.39, 0.29) is 9.79 Å². The van der Waals surface area contributed by atoms with Crippen LogP contribution < -0.4 is 0 Å². The van der Waals surface area contributed by atoms with Crippen molar-refractivity contribution in [3.63, 3.8) is 0 Å². The minimum Gasteiger partial charge on any atom is -0.264 e. The molecule has 26 heavy (non-hydrogen) atoms. The van der Waals surface area contributed by atoms with Gasteiger partial charge >= 0.3 is 0 Å². The fourth-order valence-electron chi connectivity index (χ4n) is 3.31. The predicted octanol–water partition coefficient (Wildman–Crippen LogP) is 3.05. The molecule has 0 saturated carbocycles. The minimum absolute atomic E-state index is 0.0864. The van der Waals surface area contributed by atoms with Crippen LogP contribution in [0.4, 0.5) is 0 Å². The topological polar surface area (TPSA) is 81.2 Å². The summed E-state index contributed by atoms with van der Waals surface area (Å²) in [4.78, 5) is 4.28. The normalized spacial score (nSPS) is 18.4. The van der Waals surface area contributed by atoms with E-state index in [1.165, 1.54) is 18.2 Å². The second kappa shape index (κ2) is 6.03. The fourth-order valence-corrected chi connectivity index (χ4v) is 7.69. The number of sulfone groups is 2. The molecule has 132 valence electrons. The first-order valence-electron chi connectivity index (χ1n) is 7.96. The highest BCUT2D eigenvalue weighted by Crippen LogP contribution is 2.45. The van der Waals surface area contributed by atoms with Crippen LogP contribution in [0.1, 0.15) is 10.8 Å². The molecule has 0 fully saturated rings. The van der Waals surface area contributed by atoms with Crippen molar-refractivity contribution in [1.82, 2.24) is 4.98 Å². The highest BCUT2D eigenvalue weighted by atomic mass is 32.2. The van der Waals surface area contributed by atoms with Gasteiger partial charge in [0.2, 0.25) is 0 Å². The third kappa shape index (κ3) is 2.64. The van der Waals surface area contributed by atoms with Crippen LogP contribution >= 0.6 is 0 Å². The lowest BCUT2D eigenvalue weighted by Gasteiger charge is -2.15. The largest absolute Gasteiger partial charge is 0.264 e. The summed E-state index contributed by atoms with van der Waals surface area (Å²) in [5, 5.41) is -1.14. The predicted molar refractivity (Wildman–Crippen MR) is 98.1 cm³/mol. The van der Waals surface area contributed by atoms with Crippen molar-refractivity contribution in [2.45, 2.75) is 15.0 Å². The number of rotatable bonds is 3. The second-order valence-electron chi connectivity index (χ2n) is 6.09. The van der Waals surface area contributed by atoms with E-state index in [4.69, 9.17) is 0 Å². The molecule has 5 nitrogen and oxygen atoms in total. The molecular weight excluding hydrogens is 370 g/mol. The van der Waals surface area contributed by atoms with Crippen LogP contribution in [0.3, 0.4) is 0 Å². The number of aromatic nitrogens is 1. The molecule has 4 rings (SSSR count). The van der Waals surface area contributed by atoms with E-state index in [9.17, 15) is 16.8 Å². The lowest BCUT2D eigenvalue weighted by Crippen LogP contribution is -2.16. The zero-order valence-corrected chi connectivity index (χ0v) is 15.2. The van der Waals surface area contributed by atoms with Gasteiger partial charge in [-0.15, -0.1) is 0 Å². The van der Waals surface area contributed by atoms with Crippen LogP contribution in [-0.4, -0.2) is 27.6 Å². The summed E-state index contributed by atoms with van der Waals surface area (Å²) in [6.07, 6.45) is 3.22. The Balaban J connectivity index is 1.99. The minimum atomic E-state index is -3.85. The summed E-state index contributed by atoms with van der Waals surface area (Å²) in [6, 6.07) is 16.3. The van der Waals surface area contributed by atoms with Gasteiger partial charge in [0.15, 0.2) is 19.7 Å². The van der Waals surface area contributed by atoms with Crippen molar-refractivity contribution in [3.05, 3.63) is 78.6 Å². The van der Waals surface area contributed by atoms with Gasteiger partial charge in [0.1, 0.15) is 5.25 Å². The van der Waals surface area contributed by atoms with Gasteiger partial charge in [0, 0.05) is 18.0 Å². The van der Waals surface area contributed by atoms with Crippen LogP contribution in [0, 0.1) is 0 Å². The molecule has 0 amide bonds. The van der Waals surface area contributed by atoms with Gasteiger partial charge in [0.05, 0.1) is 15.5 Å². The van der Waals surface area contributed by atoms with Crippen molar-refractivity contribution < 1.29 is 16.8 Å². The number of fused-ring (bicyclic) bond motifs is 1. The van der Waals surface area contributed by atoms with Gasteiger partial charge in [-0.05, 0) is 35.4 Å². The molecule has 0 N–H and O–H groups in total. The van der Waals surface area contributed by atoms with E-state index < -0.39 is 30.7 Å². The van der Waals surface area contributed by atoms with Gasteiger partial charge in [-0.25, -0.2) is 16.8 Å². The maximum absolute atomic E-state index is 13.2. The Morgan fingerprint density at radius 2 is 1.69 bits per heavy atom. The molecule has 0 radical (unpaired) electrons. The summed E-state index contributed by atoms with van der Waals surface area (Å²) in [5.74, 6) is -0.448. The van der Waals surface area contributed by atoms with Crippen molar-refractivity contribution in [1.29, 1.82) is 0 Å². The van der Waals surface area contributed by atoms with Crippen molar-refractivity contribution >= 4 is 19.7 Å². The maximum Gasteiger partial charge on any atom is 0.186 e. The highest BCUT2D eigenvalue weighted by Gasteiger charge is 2.44. The molecule has 2 aromatic carbocycles. The monoisotopic (exact) mass is 385 g/mol.